The monoisotopic (exact) mass is 394 g/mol. The summed E-state index contributed by atoms with van der Waals surface area (Å²) in [6, 6.07) is 0. The standard InChI is InChI=1S/C7H13O3.C4H7O.2Y/c1-2-4-9-6-7-10-5-3-8;1-2-3-4-5;;/h2,4-7H2,1H3;2-3H2,1H3;;/q2*-1;;. The molecule has 0 aromatic heterocycles. The third kappa shape index (κ3) is 38.1. The van der Waals surface area contributed by atoms with Gasteiger partial charge in [-0.25, -0.2) is 6.29 Å². The summed E-state index contributed by atoms with van der Waals surface area (Å²) in [5.41, 5.74) is 0. The second-order valence-corrected chi connectivity index (χ2v) is 2.70. The van der Waals surface area contributed by atoms with Gasteiger partial charge >= 0.3 is 0 Å². The molecule has 0 aromatic rings. The maximum atomic E-state index is 9.60. The van der Waals surface area contributed by atoms with E-state index in [1.165, 1.54) is 0 Å². The summed E-state index contributed by atoms with van der Waals surface area (Å²) in [5.74, 6) is 0. The van der Waals surface area contributed by atoms with Crippen molar-refractivity contribution < 1.29 is 84.5 Å². The van der Waals surface area contributed by atoms with Gasteiger partial charge in [0.25, 0.3) is 0 Å². The second kappa shape index (κ2) is 30.5. The van der Waals surface area contributed by atoms with E-state index in [0.29, 0.717) is 19.6 Å². The molecule has 0 fully saturated rings. The zero-order chi connectivity index (χ0) is 11.8. The van der Waals surface area contributed by atoms with Crippen molar-refractivity contribution >= 4 is 12.6 Å². The summed E-state index contributed by atoms with van der Waals surface area (Å²) < 4.78 is 9.86. The molecule has 0 aliphatic rings. The fourth-order valence-corrected chi connectivity index (χ4v) is 0.580. The van der Waals surface area contributed by atoms with Gasteiger partial charge in [0.1, 0.15) is 0 Å². The quantitative estimate of drug-likeness (QED) is 0.439. The van der Waals surface area contributed by atoms with Crippen LogP contribution in [0.5, 0.6) is 0 Å². The van der Waals surface area contributed by atoms with Gasteiger partial charge in [-0.3, -0.25) is 6.29 Å². The molecule has 0 aromatic carbocycles. The summed E-state index contributed by atoms with van der Waals surface area (Å²) in [4.78, 5) is 18.9. The number of unbranched alkanes of at least 4 members (excludes halogenated alkanes) is 1. The van der Waals surface area contributed by atoms with Crippen molar-refractivity contribution in [2.24, 2.45) is 0 Å². The summed E-state index contributed by atoms with van der Waals surface area (Å²) in [6.07, 6.45) is 5.92. The van der Waals surface area contributed by atoms with E-state index in [9.17, 15) is 9.59 Å². The molecule has 4 nitrogen and oxygen atoms in total. The minimum atomic E-state index is 0. The number of rotatable bonds is 9. The molecule has 0 saturated heterocycles. The average molecular weight is 394 g/mol. The Kier molecular flexibility index (Phi) is 48.3. The molecule has 17 heavy (non-hydrogen) atoms. The summed E-state index contributed by atoms with van der Waals surface area (Å²) in [7, 11) is 0. The van der Waals surface area contributed by atoms with Gasteiger partial charge in [-0.05, 0) is 13.0 Å². The Morgan fingerprint density at radius 1 is 0.824 bits per heavy atom. The minimum absolute atomic E-state index is 0. The van der Waals surface area contributed by atoms with Gasteiger partial charge in [0.05, 0.1) is 13.2 Å². The van der Waals surface area contributed by atoms with Gasteiger partial charge in [0.15, 0.2) is 0 Å². The van der Waals surface area contributed by atoms with Crippen molar-refractivity contribution in [3.63, 3.8) is 0 Å². The Labute approximate surface area is 155 Å². The maximum absolute atomic E-state index is 9.60. The Morgan fingerprint density at radius 2 is 1.41 bits per heavy atom. The topological polar surface area (TPSA) is 52.6 Å². The molecule has 0 unspecified atom stereocenters. The molecule has 2 radical (unpaired) electrons. The molecule has 0 rings (SSSR count). The largest absolute Gasteiger partial charge is 0.542 e. The third-order valence-electron chi connectivity index (χ3n) is 1.23. The van der Waals surface area contributed by atoms with E-state index in [-0.39, 0.29) is 72.0 Å². The fraction of sp³-hybridized carbons (Fsp3) is 0.818. The van der Waals surface area contributed by atoms with Crippen LogP contribution in [0.15, 0.2) is 0 Å². The van der Waals surface area contributed by atoms with Crippen LogP contribution in [0.25, 0.3) is 0 Å². The molecule has 6 heteroatoms. The van der Waals surface area contributed by atoms with Gasteiger partial charge in [-0.15, -0.1) is 0 Å². The molecule has 96 valence electrons. The van der Waals surface area contributed by atoms with Crippen molar-refractivity contribution in [2.45, 2.75) is 33.1 Å². The SMILES string of the molecule is CCCOCCOC[C-]=O.CCC[C-]=O.[Y].[Y]. The Morgan fingerprint density at radius 3 is 1.76 bits per heavy atom. The van der Waals surface area contributed by atoms with Crippen molar-refractivity contribution in [3.05, 3.63) is 0 Å². The van der Waals surface area contributed by atoms with E-state index < -0.39 is 0 Å². The van der Waals surface area contributed by atoms with Crippen molar-refractivity contribution in [1.29, 1.82) is 0 Å². The van der Waals surface area contributed by atoms with Crippen LogP contribution in [0.3, 0.4) is 0 Å². The predicted molar refractivity (Wildman–Crippen MR) is 58.2 cm³/mol. The van der Waals surface area contributed by atoms with Crippen molar-refractivity contribution in [3.8, 4) is 0 Å². The third-order valence-corrected chi connectivity index (χ3v) is 1.23. The van der Waals surface area contributed by atoms with E-state index in [2.05, 4.69) is 0 Å². The molecular weight excluding hydrogens is 374 g/mol. The smallest absolute Gasteiger partial charge is 0.0699 e. The first-order chi connectivity index (χ1) is 7.33. The van der Waals surface area contributed by atoms with Crippen LogP contribution in [0.1, 0.15) is 33.1 Å². The van der Waals surface area contributed by atoms with Gasteiger partial charge in [0.2, 0.25) is 0 Å². The molecule has 0 aliphatic heterocycles. The van der Waals surface area contributed by atoms with Gasteiger partial charge in [0, 0.05) is 72.0 Å². The molecule has 0 amide bonds. The zero-order valence-electron chi connectivity index (χ0n) is 10.7. The molecule has 0 spiro atoms. The van der Waals surface area contributed by atoms with Gasteiger partial charge < -0.3 is 19.1 Å². The Balaban J connectivity index is -0.000000105. The number of hydrogen-bond donors (Lipinski definition) is 0. The molecule has 0 saturated carbocycles. The van der Waals surface area contributed by atoms with E-state index in [0.717, 1.165) is 19.4 Å². The summed E-state index contributed by atoms with van der Waals surface area (Å²) in [5, 5.41) is 0. The first-order valence-electron chi connectivity index (χ1n) is 5.18. The van der Waals surface area contributed by atoms with E-state index in [1.807, 2.05) is 13.8 Å². The van der Waals surface area contributed by atoms with Crippen LogP contribution in [-0.4, -0.2) is 39.0 Å². The fourth-order valence-electron chi connectivity index (χ4n) is 0.580. The van der Waals surface area contributed by atoms with E-state index >= 15 is 0 Å². The van der Waals surface area contributed by atoms with E-state index in [1.54, 1.807) is 12.6 Å². The molecule has 0 aliphatic carbocycles. The molecule has 0 heterocycles. The van der Waals surface area contributed by atoms with Gasteiger partial charge in [-0.1, -0.05) is 20.3 Å². The van der Waals surface area contributed by atoms with Crippen molar-refractivity contribution in [1.82, 2.24) is 0 Å². The molecule has 0 atom stereocenters. The van der Waals surface area contributed by atoms with Crippen LogP contribution in [0.2, 0.25) is 0 Å². The normalized spacial score (nSPS) is 7.88. The second-order valence-electron chi connectivity index (χ2n) is 2.70. The Bertz CT molecular complexity index is 135. The molecule has 0 bridgehead atoms. The number of carbonyl (C=O) groups excluding carboxylic acids is 2. The first kappa shape index (κ1) is 26.9. The molecular formula is C11H20O4Y2-2. The van der Waals surface area contributed by atoms with Gasteiger partial charge in [-0.2, -0.15) is 6.42 Å². The molecule has 0 N–H and O–H groups in total. The van der Waals surface area contributed by atoms with E-state index in [4.69, 9.17) is 9.47 Å². The van der Waals surface area contributed by atoms with Crippen LogP contribution < -0.4 is 0 Å². The Hall–Kier alpha value is 1.47. The number of hydrogen-bond acceptors (Lipinski definition) is 4. The average Bonchev–Trinajstić information content (AvgIpc) is 2.25. The zero-order valence-corrected chi connectivity index (χ0v) is 16.4. The van der Waals surface area contributed by atoms with Crippen LogP contribution in [0.4, 0.5) is 0 Å². The van der Waals surface area contributed by atoms with Crippen LogP contribution >= 0.6 is 0 Å². The van der Waals surface area contributed by atoms with Crippen molar-refractivity contribution in [2.75, 3.05) is 26.4 Å². The van der Waals surface area contributed by atoms with Crippen LogP contribution in [-0.2, 0) is 84.5 Å². The summed E-state index contributed by atoms with van der Waals surface area (Å²) in [6.45, 7) is 5.85. The predicted octanol–water partition coefficient (Wildman–Crippen LogP) is 1.43. The summed E-state index contributed by atoms with van der Waals surface area (Å²) >= 11 is 0. The number of ether oxygens (including phenoxy) is 2. The van der Waals surface area contributed by atoms with Crippen LogP contribution in [0, 0.1) is 0 Å². The first-order valence-corrected chi connectivity index (χ1v) is 5.18. The minimum Gasteiger partial charge on any atom is -0.542 e. The maximum Gasteiger partial charge on any atom is 0.0699 e.